The van der Waals surface area contributed by atoms with Crippen molar-refractivity contribution in [2.45, 2.75) is 38.9 Å². The lowest BCUT2D eigenvalue weighted by atomic mass is 9.88. The number of benzene rings is 2. The first kappa shape index (κ1) is 16.5. The fourth-order valence-electron chi connectivity index (χ4n) is 2.90. The van der Waals surface area contributed by atoms with Crippen LogP contribution in [0.4, 0.5) is 0 Å². The van der Waals surface area contributed by atoms with Crippen LogP contribution < -0.4 is 4.74 Å². The fraction of sp³-hybridized carbons (Fsp3) is 0.273. The summed E-state index contributed by atoms with van der Waals surface area (Å²) in [6.45, 7) is 9.91. The molecule has 1 N–H and O–H groups in total. The van der Waals surface area contributed by atoms with Crippen LogP contribution in [-0.4, -0.2) is 16.8 Å². The number of hydrogen-bond donors (Lipinski definition) is 1. The van der Waals surface area contributed by atoms with E-state index in [0.29, 0.717) is 6.42 Å². The Morgan fingerprint density at radius 3 is 2.58 bits per heavy atom. The van der Waals surface area contributed by atoms with Gasteiger partial charge >= 0.3 is 0 Å². The van der Waals surface area contributed by atoms with Gasteiger partial charge in [-0.1, -0.05) is 54.6 Å². The molecule has 0 unspecified atom stereocenters. The molecule has 2 nitrogen and oxygen atoms in total. The number of rotatable bonds is 3. The van der Waals surface area contributed by atoms with Crippen LogP contribution >= 0.6 is 0 Å². The molecule has 3 rings (SSSR count). The smallest absolute Gasteiger partial charge is 0.130 e. The van der Waals surface area contributed by atoms with Gasteiger partial charge in [-0.05, 0) is 49.6 Å². The minimum Gasteiger partial charge on any atom is -0.484 e. The molecular formula is C22H24O2. The van der Waals surface area contributed by atoms with Gasteiger partial charge in [0.1, 0.15) is 11.4 Å². The average molecular weight is 320 g/mol. The molecule has 24 heavy (non-hydrogen) atoms. The highest BCUT2D eigenvalue weighted by Crippen LogP contribution is 2.38. The van der Waals surface area contributed by atoms with Gasteiger partial charge in [-0.25, -0.2) is 0 Å². The third kappa shape index (κ3) is 3.29. The summed E-state index contributed by atoms with van der Waals surface area (Å²) >= 11 is 0. The molecule has 124 valence electrons. The third-order valence-corrected chi connectivity index (χ3v) is 4.52. The van der Waals surface area contributed by atoms with Gasteiger partial charge in [-0.3, -0.25) is 0 Å². The first-order valence-electron chi connectivity index (χ1n) is 8.30. The Hall–Kier alpha value is -2.32. The average Bonchev–Trinajstić information content (AvgIpc) is 2.54. The highest BCUT2D eigenvalue weighted by atomic mass is 16.5. The predicted octanol–water partition coefficient (Wildman–Crippen LogP) is 4.96. The van der Waals surface area contributed by atoms with Crippen molar-refractivity contribution in [3.63, 3.8) is 0 Å². The van der Waals surface area contributed by atoms with E-state index in [0.717, 1.165) is 33.6 Å². The van der Waals surface area contributed by atoms with Crippen LogP contribution in [0, 0.1) is 0 Å². The van der Waals surface area contributed by atoms with Gasteiger partial charge in [0.05, 0.1) is 6.10 Å². The number of ether oxygens (including phenoxy) is 1. The van der Waals surface area contributed by atoms with Gasteiger partial charge in [0.2, 0.25) is 0 Å². The summed E-state index contributed by atoms with van der Waals surface area (Å²) in [6, 6.07) is 14.4. The number of allylic oxidation sites excluding steroid dienone is 1. The Kier molecular flexibility index (Phi) is 4.33. The molecule has 2 aromatic rings. The Bertz CT molecular complexity index is 785. The van der Waals surface area contributed by atoms with Crippen molar-refractivity contribution in [3.05, 3.63) is 71.3 Å². The minimum atomic E-state index is -0.590. The van der Waals surface area contributed by atoms with Crippen molar-refractivity contribution in [3.8, 4) is 5.75 Å². The van der Waals surface area contributed by atoms with Crippen LogP contribution in [-0.2, 0) is 6.42 Å². The zero-order valence-electron chi connectivity index (χ0n) is 14.5. The van der Waals surface area contributed by atoms with E-state index in [9.17, 15) is 5.11 Å². The van der Waals surface area contributed by atoms with Crippen LogP contribution in [0.3, 0.4) is 0 Å². The molecule has 0 saturated carbocycles. The lowest BCUT2D eigenvalue weighted by Crippen LogP contribution is -2.46. The number of fused-ring (bicyclic) bond motifs is 1. The molecule has 0 bridgehead atoms. The first-order valence-corrected chi connectivity index (χ1v) is 8.30. The normalized spacial score (nSPS) is 18.9. The third-order valence-electron chi connectivity index (χ3n) is 4.52. The summed E-state index contributed by atoms with van der Waals surface area (Å²) in [7, 11) is 0. The molecular weight excluding hydrogens is 296 g/mol. The maximum Gasteiger partial charge on any atom is 0.130 e. The quantitative estimate of drug-likeness (QED) is 0.810. The van der Waals surface area contributed by atoms with Crippen molar-refractivity contribution >= 4 is 17.7 Å². The van der Waals surface area contributed by atoms with Crippen LogP contribution in [0.2, 0.25) is 0 Å². The largest absolute Gasteiger partial charge is 0.484 e. The molecule has 1 aliphatic rings. The molecule has 0 saturated heterocycles. The van der Waals surface area contributed by atoms with E-state index in [4.69, 9.17) is 4.74 Å². The van der Waals surface area contributed by atoms with Crippen molar-refractivity contribution in [1.82, 2.24) is 0 Å². The van der Waals surface area contributed by atoms with E-state index >= 15 is 0 Å². The standard InChI is InChI=1S/C22H24O2/c1-15(2)18-12-17(11-10-16-8-6-5-7-9-16)21-19(13-18)14-20(23)22(3,4)24-21/h5-13,20,23H,1,14H2,2-4H3/b11-10+/t20-/m1/s1. The SMILES string of the molecule is C=C(C)c1cc(/C=C/c2ccccc2)c2c(c1)C[C@@H](O)C(C)(C)O2. The van der Waals surface area contributed by atoms with Gasteiger partial charge < -0.3 is 9.84 Å². The zero-order valence-corrected chi connectivity index (χ0v) is 14.5. The molecule has 0 fully saturated rings. The fourth-order valence-corrected chi connectivity index (χ4v) is 2.90. The molecule has 0 aliphatic carbocycles. The van der Waals surface area contributed by atoms with E-state index in [-0.39, 0.29) is 0 Å². The molecule has 2 aromatic carbocycles. The molecule has 1 atom stereocenters. The first-order chi connectivity index (χ1) is 11.4. The zero-order chi connectivity index (χ0) is 17.3. The second-order valence-corrected chi connectivity index (χ2v) is 7.00. The van der Waals surface area contributed by atoms with Gasteiger partial charge in [0, 0.05) is 12.0 Å². The Labute approximate surface area is 144 Å². The van der Waals surface area contributed by atoms with E-state index in [1.807, 2.05) is 39.0 Å². The Morgan fingerprint density at radius 1 is 1.21 bits per heavy atom. The summed E-state index contributed by atoms with van der Waals surface area (Å²) < 4.78 is 6.15. The second-order valence-electron chi connectivity index (χ2n) is 7.00. The molecule has 1 heterocycles. The van der Waals surface area contributed by atoms with E-state index in [2.05, 4.69) is 43.0 Å². The summed E-state index contributed by atoms with van der Waals surface area (Å²) in [5, 5.41) is 10.3. The topological polar surface area (TPSA) is 29.5 Å². The van der Waals surface area contributed by atoms with Crippen molar-refractivity contribution < 1.29 is 9.84 Å². The van der Waals surface area contributed by atoms with Crippen LogP contribution in [0.25, 0.3) is 17.7 Å². The van der Waals surface area contributed by atoms with Gasteiger partial charge in [-0.2, -0.15) is 0 Å². The van der Waals surface area contributed by atoms with Gasteiger partial charge in [0.25, 0.3) is 0 Å². The van der Waals surface area contributed by atoms with Crippen molar-refractivity contribution in [2.24, 2.45) is 0 Å². The molecule has 0 aromatic heterocycles. The Morgan fingerprint density at radius 2 is 1.92 bits per heavy atom. The highest BCUT2D eigenvalue weighted by molar-refractivity contribution is 5.77. The molecule has 0 amide bonds. The summed E-state index contributed by atoms with van der Waals surface area (Å²) in [4.78, 5) is 0. The van der Waals surface area contributed by atoms with Gasteiger partial charge in [0.15, 0.2) is 0 Å². The lowest BCUT2D eigenvalue weighted by molar-refractivity contribution is -0.0412. The lowest BCUT2D eigenvalue weighted by Gasteiger charge is -2.38. The van der Waals surface area contributed by atoms with Crippen LogP contribution in [0.5, 0.6) is 5.75 Å². The second kappa shape index (κ2) is 6.29. The molecule has 0 spiro atoms. The monoisotopic (exact) mass is 320 g/mol. The molecule has 2 heteroatoms. The summed E-state index contributed by atoms with van der Waals surface area (Å²) in [5.74, 6) is 0.863. The van der Waals surface area contributed by atoms with E-state index in [1.165, 1.54) is 0 Å². The summed E-state index contributed by atoms with van der Waals surface area (Å²) in [5.41, 5.74) is 4.70. The van der Waals surface area contributed by atoms with Gasteiger partial charge in [-0.15, -0.1) is 0 Å². The number of hydrogen-bond acceptors (Lipinski definition) is 2. The van der Waals surface area contributed by atoms with Crippen molar-refractivity contribution in [2.75, 3.05) is 0 Å². The maximum absolute atomic E-state index is 10.3. The van der Waals surface area contributed by atoms with E-state index in [1.54, 1.807) is 0 Å². The highest BCUT2D eigenvalue weighted by Gasteiger charge is 2.36. The predicted molar refractivity (Wildman–Crippen MR) is 101 cm³/mol. The van der Waals surface area contributed by atoms with Crippen LogP contribution in [0.1, 0.15) is 43.0 Å². The maximum atomic E-state index is 10.3. The summed E-state index contributed by atoms with van der Waals surface area (Å²) in [6.07, 6.45) is 4.24. The number of aliphatic hydroxyl groups excluding tert-OH is 1. The van der Waals surface area contributed by atoms with Crippen LogP contribution in [0.15, 0.2) is 49.0 Å². The number of aliphatic hydroxyl groups is 1. The van der Waals surface area contributed by atoms with Crippen molar-refractivity contribution in [1.29, 1.82) is 0 Å². The van der Waals surface area contributed by atoms with E-state index < -0.39 is 11.7 Å². The molecule has 0 radical (unpaired) electrons. The Balaban J connectivity index is 2.07. The minimum absolute atomic E-state index is 0.517. The molecule has 1 aliphatic heterocycles.